The topological polar surface area (TPSA) is 94.6 Å². The molecule has 4 rings (SSSR count). The Kier molecular flexibility index (Phi) is 7.47. The Bertz CT molecular complexity index is 1060. The van der Waals surface area contributed by atoms with E-state index in [1.165, 1.54) is 19.3 Å². The molecular weight excluding hydrogens is 418 g/mol. The maximum atomic E-state index is 12.4. The van der Waals surface area contributed by atoms with Crippen LogP contribution in [0.3, 0.4) is 0 Å². The molecule has 2 aromatic carbocycles. The smallest absolute Gasteiger partial charge is 0.262 e. The van der Waals surface area contributed by atoms with Crippen LogP contribution in [-0.4, -0.2) is 53.4 Å². The Morgan fingerprint density at radius 3 is 2.58 bits per heavy atom. The minimum atomic E-state index is -0.249. The van der Waals surface area contributed by atoms with Gasteiger partial charge in [-0.1, -0.05) is 6.42 Å². The highest BCUT2D eigenvalue weighted by molar-refractivity contribution is 5.93. The lowest BCUT2D eigenvalue weighted by Gasteiger charge is -2.26. The molecule has 33 heavy (non-hydrogen) atoms. The maximum absolute atomic E-state index is 12.4. The third-order valence-corrected chi connectivity index (χ3v) is 5.72. The number of piperidine rings is 1. The van der Waals surface area contributed by atoms with Crippen molar-refractivity contribution in [3.05, 3.63) is 54.7 Å². The summed E-state index contributed by atoms with van der Waals surface area (Å²) in [7, 11) is 1.89. The summed E-state index contributed by atoms with van der Waals surface area (Å²) < 4.78 is 13.5. The zero-order valence-corrected chi connectivity index (χ0v) is 19.0. The van der Waals surface area contributed by atoms with Crippen LogP contribution in [0.5, 0.6) is 11.5 Å². The molecule has 8 heteroatoms. The number of anilines is 2. The van der Waals surface area contributed by atoms with Crippen molar-refractivity contribution in [2.75, 3.05) is 43.9 Å². The first-order valence-corrected chi connectivity index (χ1v) is 11.3. The summed E-state index contributed by atoms with van der Waals surface area (Å²) in [6.07, 6.45) is 5.59. The molecule has 0 atom stereocenters. The highest BCUT2D eigenvalue weighted by atomic mass is 16.5. The number of ether oxygens (including phenoxy) is 2. The minimum absolute atomic E-state index is 0.0982. The Labute approximate surface area is 194 Å². The summed E-state index contributed by atoms with van der Waals surface area (Å²) in [4.78, 5) is 14.9. The Morgan fingerprint density at radius 1 is 1.06 bits per heavy atom. The van der Waals surface area contributed by atoms with Gasteiger partial charge in [-0.05, 0) is 74.5 Å². The summed E-state index contributed by atoms with van der Waals surface area (Å²) in [6, 6.07) is 14.5. The van der Waals surface area contributed by atoms with Crippen LogP contribution in [0.1, 0.15) is 19.3 Å². The number of nitrogens with zero attached hydrogens (tertiary/aromatic N) is 3. The number of hydrogen-bond acceptors (Lipinski definition) is 6. The molecular formula is C25H31N5O3. The third-order valence-electron chi connectivity index (χ3n) is 5.72. The maximum Gasteiger partial charge on any atom is 0.262 e. The Hall–Kier alpha value is -3.52. The number of aryl methyl sites for hydroxylation is 1. The number of rotatable bonds is 9. The Balaban J connectivity index is 1.41. The molecule has 0 radical (unpaired) electrons. The van der Waals surface area contributed by atoms with Gasteiger partial charge in [-0.25, -0.2) is 0 Å². The molecule has 3 N–H and O–H groups in total. The highest BCUT2D eigenvalue weighted by Gasteiger charge is 2.14. The monoisotopic (exact) mass is 449 g/mol. The number of nitrogens with two attached hydrogens (primary N) is 1. The van der Waals surface area contributed by atoms with E-state index < -0.39 is 0 Å². The van der Waals surface area contributed by atoms with Crippen LogP contribution in [0.2, 0.25) is 0 Å². The number of carbonyl (C=O) groups excluding carboxylic acids is 1. The van der Waals surface area contributed by atoms with Gasteiger partial charge in [-0.2, -0.15) is 5.10 Å². The second kappa shape index (κ2) is 10.9. The van der Waals surface area contributed by atoms with E-state index in [-0.39, 0.29) is 12.5 Å². The van der Waals surface area contributed by atoms with E-state index in [1.807, 2.05) is 31.3 Å². The van der Waals surface area contributed by atoms with Crippen molar-refractivity contribution >= 4 is 17.3 Å². The highest BCUT2D eigenvalue weighted by Crippen LogP contribution is 2.32. The number of hydrogen-bond donors (Lipinski definition) is 2. The SMILES string of the molecule is Cn1nccc1-c1cc(NC(=O)COc2ccc(N)cc2)ccc1OCCN1CCCCC1. The van der Waals surface area contributed by atoms with Crippen molar-refractivity contribution in [1.82, 2.24) is 14.7 Å². The van der Waals surface area contributed by atoms with Gasteiger partial charge in [0.25, 0.3) is 5.91 Å². The summed E-state index contributed by atoms with van der Waals surface area (Å²) in [5.74, 6) is 1.11. The van der Waals surface area contributed by atoms with Gasteiger partial charge in [0.1, 0.15) is 18.1 Å². The van der Waals surface area contributed by atoms with Crippen LogP contribution in [0.15, 0.2) is 54.7 Å². The molecule has 1 aliphatic heterocycles. The van der Waals surface area contributed by atoms with Gasteiger partial charge < -0.3 is 20.5 Å². The predicted octanol–water partition coefficient (Wildman–Crippen LogP) is 3.55. The number of benzene rings is 2. The van der Waals surface area contributed by atoms with Crippen molar-refractivity contribution in [3.63, 3.8) is 0 Å². The molecule has 0 unspecified atom stereocenters. The van der Waals surface area contributed by atoms with E-state index in [4.69, 9.17) is 15.2 Å². The fourth-order valence-electron chi connectivity index (χ4n) is 3.95. The van der Waals surface area contributed by atoms with Crippen molar-refractivity contribution in [2.24, 2.45) is 7.05 Å². The average Bonchev–Trinajstić information content (AvgIpc) is 3.26. The molecule has 3 aromatic rings. The van der Waals surface area contributed by atoms with E-state index >= 15 is 0 Å². The van der Waals surface area contributed by atoms with Gasteiger partial charge >= 0.3 is 0 Å². The number of amides is 1. The fourth-order valence-corrected chi connectivity index (χ4v) is 3.95. The molecule has 0 saturated carbocycles. The lowest BCUT2D eigenvalue weighted by molar-refractivity contribution is -0.118. The minimum Gasteiger partial charge on any atom is -0.492 e. The van der Waals surface area contributed by atoms with Crippen molar-refractivity contribution in [1.29, 1.82) is 0 Å². The Morgan fingerprint density at radius 2 is 1.85 bits per heavy atom. The number of likely N-dealkylation sites (tertiary alicyclic amines) is 1. The molecule has 2 heterocycles. The lowest BCUT2D eigenvalue weighted by Crippen LogP contribution is -2.33. The number of carbonyl (C=O) groups is 1. The molecule has 174 valence electrons. The van der Waals surface area contributed by atoms with Gasteiger partial charge in [0.2, 0.25) is 0 Å². The first-order chi connectivity index (χ1) is 16.1. The molecule has 1 aliphatic rings. The molecule has 0 spiro atoms. The van der Waals surface area contributed by atoms with Gasteiger partial charge in [0, 0.05) is 36.7 Å². The second-order valence-electron chi connectivity index (χ2n) is 8.21. The van der Waals surface area contributed by atoms with Crippen LogP contribution in [0, 0.1) is 0 Å². The van der Waals surface area contributed by atoms with E-state index in [2.05, 4.69) is 15.3 Å². The summed E-state index contributed by atoms with van der Waals surface area (Å²) in [6.45, 7) is 3.71. The van der Waals surface area contributed by atoms with Crippen LogP contribution in [0.4, 0.5) is 11.4 Å². The molecule has 0 aliphatic carbocycles. The number of nitrogen functional groups attached to an aromatic ring is 1. The first kappa shape index (κ1) is 22.7. The van der Waals surface area contributed by atoms with Gasteiger partial charge in [-0.3, -0.25) is 14.4 Å². The zero-order valence-electron chi connectivity index (χ0n) is 19.0. The first-order valence-electron chi connectivity index (χ1n) is 11.3. The number of nitrogens with one attached hydrogen (secondary N) is 1. The quantitative estimate of drug-likeness (QED) is 0.485. The second-order valence-corrected chi connectivity index (χ2v) is 8.21. The molecule has 0 bridgehead atoms. The predicted molar refractivity (Wildman–Crippen MR) is 129 cm³/mol. The van der Waals surface area contributed by atoms with Crippen molar-refractivity contribution < 1.29 is 14.3 Å². The van der Waals surface area contributed by atoms with Crippen molar-refractivity contribution in [3.8, 4) is 22.8 Å². The van der Waals surface area contributed by atoms with E-state index in [0.29, 0.717) is 23.7 Å². The zero-order chi connectivity index (χ0) is 23.0. The van der Waals surface area contributed by atoms with Crippen molar-refractivity contribution in [2.45, 2.75) is 19.3 Å². The van der Waals surface area contributed by atoms with E-state index in [0.717, 1.165) is 36.6 Å². The normalized spacial score (nSPS) is 14.1. The third kappa shape index (κ3) is 6.26. The summed E-state index contributed by atoms with van der Waals surface area (Å²) in [5, 5.41) is 7.18. The van der Waals surface area contributed by atoms with Gasteiger partial charge in [0.05, 0.1) is 5.69 Å². The summed E-state index contributed by atoms with van der Waals surface area (Å²) in [5.41, 5.74) is 8.78. The summed E-state index contributed by atoms with van der Waals surface area (Å²) >= 11 is 0. The standard InChI is InChI=1S/C25H31N5O3/c1-29-23(11-12-27-29)22-17-20(28-25(31)18-33-21-8-5-19(26)6-9-21)7-10-24(22)32-16-15-30-13-3-2-4-14-30/h5-12,17H,2-4,13-16,18,26H2,1H3,(H,28,31). The van der Waals surface area contributed by atoms with Crippen LogP contribution in [0.25, 0.3) is 11.3 Å². The number of aromatic nitrogens is 2. The van der Waals surface area contributed by atoms with Crippen LogP contribution < -0.4 is 20.5 Å². The molecule has 1 fully saturated rings. The van der Waals surface area contributed by atoms with Gasteiger partial charge in [-0.15, -0.1) is 0 Å². The van der Waals surface area contributed by atoms with E-state index in [1.54, 1.807) is 35.1 Å². The lowest BCUT2D eigenvalue weighted by atomic mass is 10.1. The molecule has 8 nitrogen and oxygen atoms in total. The molecule has 1 aromatic heterocycles. The van der Waals surface area contributed by atoms with E-state index in [9.17, 15) is 4.79 Å². The molecule has 1 saturated heterocycles. The van der Waals surface area contributed by atoms with Crippen LogP contribution in [-0.2, 0) is 11.8 Å². The van der Waals surface area contributed by atoms with Crippen LogP contribution >= 0.6 is 0 Å². The van der Waals surface area contributed by atoms with Gasteiger partial charge in [0.15, 0.2) is 6.61 Å². The largest absolute Gasteiger partial charge is 0.492 e. The fraction of sp³-hybridized carbons (Fsp3) is 0.360. The molecule has 1 amide bonds. The average molecular weight is 450 g/mol.